The van der Waals surface area contributed by atoms with Gasteiger partial charge in [0.1, 0.15) is 11.4 Å². The van der Waals surface area contributed by atoms with Crippen molar-refractivity contribution in [2.75, 3.05) is 10.6 Å². The van der Waals surface area contributed by atoms with Gasteiger partial charge < -0.3 is 10.1 Å². The number of carbonyl (C=O) groups excluding carboxylic acids is 1. The lowest BCUT2D eigenvalue weighted by molar-refractivity contribution is 0.0636. The number of fused-ring (bicyclic) bond motifs is 1. The number of nitrogens with zero attached hydrogens (tertiary/aromatic N) is 3. The summed E-state index contributed by atoms with van der Waals surface area (Å²) in [5.41, 5.74) is 4.12. The molecule has 2 heterocycles. The molecule has 0 unspecified atom stereocenters. The predicted molar refractivity (Wildman–Crippen MR) is 111 cm³/mol. The first-order valence-electron chi connectivity index (χ1n) is 9.42. The van der Waals surface area contributed by atoms with Gasteiger partial charge in [-0.25, -0.2) is 9.78 Å². The third-order valence-electron chi connectivity index (χ3n) is 4.10. The van der Waals surface area contributed by atoms with Gasteiger partial charge in [0.15, 0.2) is 5.65 Å². The van der Waals surface area contributed by atoms with Crippen molar-refractivity contribution in [1.29, 1.82) is 0 Å². The topological polar surface area (TPSA) is 80.5 Å². The molecule has 1 aromatic carbocycles. The number of nitrogens with one attached hydrogen (secondary N) is 2. The molecule has 0 fully saturated rings. The van der Waals surface area contributed by atoms with Crippen molar-refractivity contribution < 1.29 is 9.53 Å². The molecule has 0 bridgehead atoms. The van der Waals surface area contributed by atoms with Gasteiger partial charge in [-0.1, -0.05) is 19.1 Å². The standard InChI is InChI=1S/C21H27N5O2/c1-6-16-13-23-26-18(10-14(2)24-19(16)26)22-12-15-8-7-9-17(11-15)25-20(27)28-21(3,4)5/h7-11,13,22H,6,12H2,1-5H3,(H,25,27). The van der Waals surface area contributed by atoms with E-state index in [1.165, 1.54) is 0 Å². The molecule has 0 saturated carbocycles. The van der Waals surface area contributed by atoms with Crippen molar-refractivity contribution in [2.24, 2.45) is 0 Å². The average Bonchev–Trinajstić information content (AvgIpc) is 3.01. The second-order valence-corrected chi connectivity index (χ2v) is 7.72. The number of aryl methyl sites for hydroxylation is 2. The van der Waals surface area contributed by atoms with Gasteiger partial charge in [-0.3, -0.25) is 5.32 Å². The second-order valence-electron chi connectivity index (χ2n) is 7.72. The number of anilines is 2. The Bertz CT molecular complexity index is 988. The van der Waals surface area contributed by atoms with Crippen LogP contribution in [0.3, 0.4) is 0 Å². The van der Waals surface area contributed by atoms with Gasteiger partial charge in [0.05, 0.1) is 6.20 Å². The summed E-state index contributed by atoms with van der Waals surface area (Å²) in [6.45, 7) is 10.2. The maximum absolute atomic E-state index is 12.0. The minimum Gasteiger partial charge on any atom is -0.444 e. The van der Waals surface area contributed by atoms with E-state index in [4.69, 9.17) is 4.74 Å². The molecule has 1 amide bonds. The zero-order valence-corrected chi connectivity index (χ0v) is 17.0. The Morgan fingerprint density at radius 2 is 2.04 bits per heavy atom. The van der Waals surface area contributed by atoms with E-state index in [1.807, 2.05) is 68.7 Å². The average molecular weight is 381 g/mol. The molecule has 148 valence electrons. The second kappa shape index (κ2) is 7.88. The highest BCUT2D eigenvalue weighted by molar-refractivity contribution is 5.84. The monoisotopic (exact) mass is 381 g/mol. The van der Waals surface area contributed by atoms with Crippen LogP contribution in [0.1, 0.15) is 44.5 Å². The van der Waals surface area contributed by atoms with Crippen molar-refractivity contribution >= 4 is 23.2 Å². The zero-order valence-electron chi connectivity index (χ0n) is 17.0. The molecule has 0 aliphatic heterocycles. The largest absolute Gasteiger partial charge is 0.444 e. The van der Waals surface area contributed by atoms with Crippen molar-refractivity contribution in [3.05, 3.63) is 53.3 Å². The van der Waals surface area contributed by atoms with E-state index in [9.17, 15) is 4.79 Å². The van der Waals surface area contributed by atoms with Gasteiger partial charge in [0, 0.05) is 29.6 Å². The summed E-state index contributed by atoms with van der Waals surface area (Å²) in [4.78, 5) is 16.6. The highest BCUT2D eigenvalue weighted by Crippen LogP contribution is 2.18. The molecule has 0 aliphatic carbocycles. The van der Waals surface area contributed by atoms with Crippen LogP contribution in [0, 0.1) is 6.92 Å². The van der Waals surface area contributed by atoms with Crippen molar-refractivity contribution in [3.63, 3.8) is 0 Å². The fourth-order valence-corrected chi connectivity index (χ4v) is 2.88. The highest BCUT2D eigenvalue weighted by Gasteiger charge is 2.16. The third-order valence-corrected chi connectivity index (χ3v) is 4.10. The fraction of sp³-hybridized carbons (Fsp3) is 0.381. The smallest absolute Gasteiger partial charge is 0.412 e. The summed E-state index contributed by atoms with van der Waals surface area (Å²) in [6.07, 6.45) is 2.28. The third kappa shape index (κ3) is 4.79. The Hall–Kier alpha value is -3.09. The number of hydrogen-bond acceptors (Lipinski definition) is 5. The van der Waals surface area contributed by atoms with Gasteiger partial charge in [-0.2, -0.15) is 9.61 Å². The first kappa shape index (κ1) is 19.7. The lowest BCUT2D eigenvalue weighted by Crippen LogP contribution is -2.27. The maximum atomic E-state index is 12.0. The van der Waals surface area contributed by atoms with Gasteiger partial charge in [-0.15, -0.1) is 0 Å². The number of carbonyl (C=O) groups is 1. The molecule has 0 saturated heterocycles. The summed E-state index contributed by atoms with van der Waals surface area (Å²) in [5, 5.41) is 10.6. The lowest BCUT2D eigenvalue weighted by Gasteiger charge is -2.19. The molecule has 7 nitrogen and oxygen atoms in total. The summed E-state index contributed by atoms with van der Waals surface area (Å²) >= 11 is 0. The number of benzene rings is 1. The van der Waals surface area contributed by atoms with Crippen LogP contribution in [-0.4, -0.2) is 26.3 Å². The van der Waals surface area contributed by atoms with Crippen molar-refractivity contribution in [1.82, 2.24) is 14.6 Å². The van der Waals surface area contributed by atoms with Crippen LogP contribution >= 0.6 is 0 Å². The Balaban J connectivity index is 1.73. The maximum Gasteiger partial charge on any atom is 0.412 e. The number of hydrogen-bond donors (Lipinski definition) is 2. The Labute approximate surface area is 165 Å². The molecule has 7 heteroatoms. The molecule has 28 heavy (non-hydrogen) atoms. The SMILES string of the molecule is CCc1cnn2c(NCc3cccc(NC(=O)OC(C)(C)C)c3)cc(C)nc12. The Morgan fingerprint density at radius 1 is 1.25 bits per heavy atom. The van der Waals surface area contributed by atoms with E-state index in [0.717, 1.165) is 34.7 Å². The van der Waals surface area contributed by atoms with Crippen molar-refractivity contribution in [3.8, 4) is 0 Å². The van der Waals surface area contributed by atoms with E-state index < -0.39 is 11.7 Å². The van der Waals surface area contributed by atoms with Gasteiger partial charge in [-0.05, 0) is 51.8 Å². The minimum absolute atomic E-state index is 0.465. The van der Waals surface area contributed by atoms with Crippen LogP contribution in [0.25, 0.3) is 5.65 Å². The van der Waals surface area contributed by atoms with E-state index in [-0.39, 0.29) is 0 Å². The lowest BCUT2D eigenvalue weighted by atomic mass is 10.2. The summed E-state index contributed by atoms with van der Waals surface area (Å²) < 4.78 is 7.13. The normalized spacial score (nSPS) is 11.5. The molecule has 0 radical (unpaired) electrons. The summed E-state index contributed by atoms with van der Waals surface area (Å²) in [7, 11) is 0. The van der Waals surface area contributed by atoms with E-state index in [2.05, 4.69) is 27.6 Å². The number of amides is 1. The quantitative estimate of drug-likeness (QED) is 0.677. The number of aromatic nitrogens is 3. The van der Waals surface area contributed by atoms with Crippen LogP contribution in [0.5, 0.6) is 0 Å². The van der Waals surface area contributed by atoms with E-state index >= 15 is 0 Å². The van der Waals surface area contributed by atoms with E-state index in [1.54, 1.807) is 0 Å². The Morgan fingerprint density at radius 3 is 2.75 bits per heavy atom. The molecular formula is C21H27N5O2. The Kier molecular flexibility index (Phi) is 5.53. The predicted octanol–water partition coefficient (Wildman–Crippen LogP) is 4.56. The first-order valence-corrected chi connectivity index (χ1v) is 9.42. The van der Waals surface area contributed by atoms with Crippen LogP contribution in [0.2, 0.25) is 0 Å². The van der Waals surface area contributed by atoms with Gasteiger partial charge in [0.2, 0.25) is 0 Å². The molecule has 3 aromatic rings. The first-order chi connectivity index (χ1) is 13.2. The van der Waals surface area contributed by atoms with Crippen LogP contribution in [0.15, 0.2) is 36.5 Å². The number of ether oxygens (including phenoxy) is 1. The summed E-state index contributed by atoms with van der Waals surface area (Å²) in [6, 6.07) is 9.63. The van der Waals surface area contributed by atoms with Gasteiger partial charge in [0.25, 0.3) is 0 Å². The fourth-order valence-electron chi connectivity index (χ4n) is 2.88. The molecular weight excluding hydrogens is 354 g/mol. The number of rotatable bonds is 5. The van der Waals surface area contributed by atoms with Gasteiger partial charge >= 0.3 is 6.09 Å². The highest BCUT2D eigenvalue weighted by atomic mass is 16.6. The molecule has 3 rings (SSSR count). The van der Waals surface area contributed by atoms with Crippen LogP contribution in [0.4, 0.5) is 16.3 Å². The zero-order chi connectivity index (χ0) is 20.3. The summed E-state index contributed by atoms with van der Waals surface area (Å²) in [5.74, 6) is 0.882. The molecule has 0 aliphatic rings. The molecule has 0 spiro atoms. The minimum atomic E-state index is -0.533. The molecule has 2 N–H and O–H groups in total. The molecule has 2 aromatic heterocycles. The van der Waals surface area contributed by atoms with Crippen LogP contribution in [-0.2, 0) is 17.7 Å². The molecule has 0 atom stereocenters. The van der Waals surface area contributed by atoms with Crippen LogP contribution < -0.4 is 10.6 Å². The van der Waals surface area contributed by atoms with Crippen molar-refractivity contribution in [2.45, 2.75) is 53.2 Å². The van der Waals surface area contributed by atoms with E-state index in [0.29, 0.717) is 12.2 Å².